The summed E-state index contributed by atoms with van der Waals surface area (Å²) in [5.41, 5.74) is 4.00. The average molecular weight is 932 g/mol. The van der Waals surface area contributed by atoms with Gasteiger partial charge in [0.15, 0.2) is 11.6 Å². The number of Topliss-reactive ketones (excluding diaryl/α,β-unsaturated/α-hetero) is 2. The summed E-state index contributed by atoms with van der Waals surface area (Å²) in [5, 5.41) is 5.52. The largest absolute Gasteiger partial charge is 0.469 e. The van der Waals surface area contributed by atoms with Gasteiger partial charge in [0.25, 0.3) is 0 Å². The number of carbonyl (C=O) groups is 6. The molecule has 2 amide bonds. The summed E-state index contributed by atoms with van der Waals surface area (Å²) in [4.78, 5) is 96.2. The lowest BCUT2D eigenvalue weighted by atomic mass is 9.87. The average Bonchev–Trinajstić information content (AvgIpc) is 4.16. The molecule has 3 saturated heterocycles. The van der Waals surface area contributed by atoms with E-state index in [1.807, 2.05) is 27.7 Å². The monoisotopic (exact) mass is 931 g/mol. The van der Waals surface area contributed by atoms with Gasteiger partial charge in [-0.25, -0.2) is 9.97 Å². The summed E-state index contributed by atoms with van der Waals surface area (Å²) in [7, 11) is 2.66. The molecule has 8 atom stereocenters. The number of carbonyl (C=O) groups excluding carboxylic acids is 6. The number of nitrogens with zero attached hydrogens (tertiary/aromatic N) is 5. The number of ether oxygens (including phenoxy) is 2. The number of aromatic nitrogens is 2. The van der Waals surface area contributed by atoms with Crippen molar-refractivity contribution in [1.82, 2.24) is 19.8 Å². The number of ketones is 2. The first-order chi connectivity index (χ1) is 31.0. The Kier molecular flexibility index (Phi) is 16.8. The zero-order valence-electron chi connectivity index (χ0n) is 39.8. The Morgan fingerprint density at radius 1 is 0.677 bits per heavy atom. The standard InChI is InChI=1S/C50H69N5O8S2/c1-10-30(3)34(24-46(58)62-8)48(60)53-22-12-14-40(53)42(56)26-44-51-36(28-64-44)38-20-21-39(55(38)33-18-16-32(17-19-33)50(5,6)7)37-29-65-45(52-37)27-43(57)41-15-13-23-54(41)49(61)35(31(4)11-2)25-47(59)63-9/h16-19,28-31,34-35,38-41H,10-15,20-27H2,1-9H3/t30-,31-,34-,35-,38+,39+,40-,41-/m0/s1. The normalized spacial score (nSPS) is 21.8. The molecule has 15 heteroatoms. The number of thiazole rings is 2. The van der Waals surface area contributed by atoms with Gasteiger partial charge in [-0.3, -0.25) is 28.8 Å². The molecule has 3 fully saturated rings. The van der Waals surface area contributed by atoms with E-state index >= 15 is 0 Å². The fraction of sp³-hybridized carbons (Fsp3) is 0.640. The topological polar surface area (TPSA) is 156 Å². The highest BCUT2D eigenvalue weighted by Gasteiger charge is 2.42. The Balaban J connectivity index is 1.19. The number of hydrogen-bond acceptors (Lipinski definition) is 13. The number of anilines is 1. The second-order valence-electron chi connectivity index (χ2n) is 19.4. The zero-order chi connectivity index (χ0) is 47.2. The Morgan fingerprint density at radius 3 is 1.46 bits per heavy atom. The molecule has 0 unspecified atom stereocenters. The second-order valence-corrected chi connectivity index (χ2v) is 21.2. The van der Waals surface area contributed by atoms with Gasteiger partial charge >= 0.3 is 11.9 Å². The van der Waals surface area contributed by atoms with Gasteiger partial charge in [-0.05, 0) is 73.5 Å². The SMILES string of the molecule is CC[C@H](C)[C@H](CC(=O)OC)C(=O)N1CCC[C@H]1C(=O)Cc1nc([C@H]2CC[C@H](c3csc(CC(=O)[C@@H]4CCCN4C(=O)[C@@H](CC(=O)OC)[C@@H](C)CC)n3)N2c2ccc(C(C)(C)C)cc2)cs1. The summed E-state index contributed by atoms with van der Waals surface area (Å²) in [6.45, 7) is 15.5. The van der Waals surface area contributed by atoms with Crippen LogP contribution in [0.15, 0.2) is 35.0 Å². The first-order valence-electron chi connectivity index (χ1n) is 23.6. The zero-order valence-corrected chi connectivity index (χ0v) is 41.4. The highest BCUT2D eigenvalue weighted by atomic mass is 32.1. The van der Waals surface area contributed by atoms with Crippen LogP contribution in [0.5, 0.6) is 0 Å². The maximum Gasteiger partial charge on any atom is 0.306 e. The Labute approximate surface area is 393 Å². The van der Waals surface area contributed by atoms with Crippen molar-refractivity contribution in [3.8, 4) is 0 Å². The molecule has 13 nitrogen and oxygen atoms in total. The molecule has 6 rings (SSSR count). The molecule has 0 bridgehead atoms. The lowest BCUT2D eigenvalue weighted by Crippen LogP contribution is -2.46. The van der Waals surface area contributed by atoms with Crippen LogP contribution in [0.1, 0.15) is 152 Å². The minimum atomic E-state index is -0.552. The first-order valence-corrected chi connectivity index (χ1v) is 25.3. The van der Waals surface area contributed by atoms with Crippen LogP contribution < -0.4 is 4.90 Å². The third-order valence-corrected chi connectivity index (χ3v) is 16.0. The van der Waals surface area contributed by atoms with Crippen LogP contribution in [-0.2, 0) is 56.5 Å². The Morgan fingerprint density at radius 2 is 1.09 bits per heavy atom. The van der Waals surface area contributed by atoms with Gasteiger partial charge in [-0.2, -0.15) is 0 Å². The number of amides is 2. The molecule has 65 heavy (non-hydrogen) atoms. The minimum Gasteiger partial charge on any atom is -0.469 e. The predicted octanol–water partition coefficient (Wildman–Crippen LogP) is 8.64. The molecule has 0 saturated carbocycles. The molecule has 3 aliphatic rings. The number of rotatable bonds is 19. The van der Waals surface area contributed by atoms with Gasteiger partial charge < -0.3 is 24.2 Å². The van der Waals surface area contributed by atoms with E-state index in [0.717, 1.165) is 55.6 Å². The van der Waals surface area contributed by atoms with Crippen molar-refractivity contribution in [3.63, 3.8) is 0 Å². The van der Waals surface area contributed by atoms with Gasteiger partial charge in [0, 0.05) is 29.5 Å². The van der Waals surface area contributed by atoms with Crippen molar-refractivity contribution in [2.45, 2.75) is 155 Å². The molecule has 0 radical (unpaired) electrons. The fourth-order valence-electron chi connectivity index (χ4n) is 9.85. The highest BCUT2D eigenvalue weighted by molar-refractivity contribution is 7.10. The van der Waals surface area contributed by atoms with Crippen molar-refractivity contribution in [2.24, 2.45) is 23.7 Å². The van der Waals surface area contributed by atoms with Crippen LogP contribution in [0.3, 0.4) is 0 Å². The lowest BCUT2D eigenvalue weighted by molar-refractivity contribution is -0.149. The van der Waals surface area contributed by atoms with Crippen LogP contribution in [-0.4, -0.2) is 94.5 Å². The summed E-state index contributed by atoms with van der Waals surface area (Å²) >= 11 is 2.94. The number of hydrogen-bond donors (Lipinski definition) is 0. The molecular weight excluding hydrogens is 863 g/mol. The van der Waals surface area contributed by atoms with Crippen LogP contribution in [0, 0.1) is 23.7 Å². The predicted molar refractivity (Wildman–Crippen MR) is 253 cm³/mol. The molecule has 354 valence electrons. The molecule has 0 aliphatic carbocycles. The van der Waals surface area contributed by atoms with Crippen LogP contribution in [0.25, 0.3) is 0 Å². The van der Waals surface area contributed by atoms with E-state index in [0.29, 0.717) is 35.9 Å². The number of methoxy groups -OCH3 is 2. The molecule has 3 aliphatic heterocycles. The molecule has 3 aromatic rings. The molecule has 0 spiro atoms. The van der Waals surface area contributed by atoms with Gasteiger partial charge in [0.2, 0.25) is 11.8 Å². The van der Waals surface area contributed by atoms with Gasteiger partial charge in [-0.1, -0.05) is 73.4 Å². The molecular formula is C50H69N5O8S2. The van der Waals surface area contributed by atoms with Crippen molar-refractivity contribution >= 4 is 63.7 Å². The van der Waals surface area contributed by atoms with Gasteiger partial charge in [0.1, 0.15) is 10.0 Å². The number of esters is 2. The van der Waals surface area contributed by atoms with Crippen LogP contribution >= 0.6 is 22.7 Å². The summed E-state index contributed by atoms with van der Waals surface area (Å²) in [6.07, 6.45) is 5.94. The van der Waals surface area contributed by atoms with Gasteiger partial charge in [-0.15, -0.1) is 22.7 Å². The quantitative estimate of drug-likeness (QED) is 0.106. The van der Waals surface area contributed by atoms with E-state index in [1.165, 1.54) is 42.5 Å². The Hall–Kier alpha value is -4.50. The van der Waals surface area contributed by atoms with E-state index < -0.39 is 35.9 Å². The lowest BCUT2D eigenvalue weighted by Gasteiger charge is -2.32. The van der Waals surface area contributed by atoms with E-state index in [2.05, 4.69) is 60.7 Å². The maximum absolute atomic E-state index is 14.0. The van der Waals surface area contributed by atoms with Crippen molar-refractivity contribution in [2.75, 3.05) is 32.2 Å². The first kappa shape index (κ1) is 49.9. The van der Waals surface area contributed by atoms with E-state index in [1.54, 1.807) is 9.80 Å². The van der Waals surface area contributed by atoms with Crippen molar-refractivity contribution in [3.05, 3.63) is 62.0 Å². The minimum absolute atomic E-state index is 0.00301. The molecule has 2 aromatic heterocycles. The number of likely N-dealkylation sites (tertiary alicyclic amines) is 2. The van der Waals surface area contributed by atoms with Crippen LogP contribution in [0.4, 0.5) is 5.69 Å². The van der Waals surface area contributed by atoms with E-state index in [4.69, 9.17) is 19.4 Å². The fourth-order valence-corrected chi connectivity index (χ4v) is 11.6. The van der Waals surface area contributed by atoms with Gasteiger partial charge in [0.05, 0.1) is 87.3 Å². The summed E-state index contributed by atoms with van der Waals surface area (Å²) in [6, 6.07) is 7.40. The summed E-state index contributed by atoms with van der Waals surface area (Å²) in [5.74, 6) is -2.38. The third-order valence-electron chi connectivity index (χ3n) is 14.2. The van der Waals surface area contributed by atoms with Crippen LogP contribution in [0.2, 0.25) is 0 Å². The Bertz CT molecular complexity index is 2040. The number of benzene rings is 1. The van der Waals surface area contributed by atoms with Crippen molar-refractivity contribution in [1.29, 1.82) is 0 Å². The second kappa shape index (κ2) is 21.9. The highest BCUT2D eigenvalue weighted by Crippen LogP contribution is 2.47. The van der Waals surface area contributed by atoms with E-state index in [-0.39, 0.29) is 78.4 Å². The molecule has 5 heterocycles. The van der Waals surface area contributed by atoms with Crippen molar-refractivity contribution < 1.29 is 38.2 Å². The third kappa shape index (κ3) is 11.6. The molecule has 1 aromatic carbocycles. The smallest absolute Gasteiger partial charge is 0.306 e. The summed E-state index contributed by atoms with van der Waals surface area (Å²) < 4.78 is 9.83. The van der Waals surface area contributed by atoms with E-state index in [9.17, 15) is 28.8 Å². The maximum atomic E-state index is 14.0. The molecule has 0 N–H and O–H groups in total.